The van der Waals surface area contributed by atoms with Crippen LogP contribution in [0.4, 0.5) is 0 Å². The van der Waals surface area contributed by atoms with E-state index in [1.165, 1.54) is 12.5 Å². The summed E-state index contributed by atoms with van der Waals surface area (Å²) >= 11 is 0. The van der Waals surface area contributed by atoms with E-state index in [9.17, 15) is 0 Å². The second kappa shape index (κ2) is 12.7. The maximum atomic E-state index is 6.48. The summed E-state index contributed by atoms with van der Waals surface area (Å²) in [5, 5.41) is 0. The summed E-state index contributed by atoms with van der Waals surface area (Å²) in [5.74, 6) is 0.924. The predicted octanol–water partition coefficient (Wildman–Crippen LogP) is 2.43. The van der Waals surface area contributed by atoms with E-state index in [4.69, 9.17) is 23.1 Å². The van der Waals surface area contributed by atoms with Gasteiger partial charge < -0.3 is 28.0 Å². The van der Waals surface area contributed by atoms with Gasteiger partial charge in [0.1, 0.15) is 18.3 Å². The van der Waals surface area contributed by atoms with E-state index in [0.717, 1.165) is 37.8 Å². The number of rotatable bonds is 11. The zero-order chi connectivity index (χ0) is 20.2. The van der Waals surface area contributed by atoms with Crippen LogP contribution in [0.5, 0.6) is 5.75 Å². The van der Waals surface area contributed by atoms with Crippen LogP contribution in [0.2, 0.25) is 18.6 Å². The van der Waals surface area contributed by atoms with Gasteiger partial charge >= 0.3 is 8.56 Å². The SMILES string of the molecule is COC(OC)[SiH2]CCCN1CCC[Si](C)(OC)OC(COc2ccccc2)C1. The smallest absolute Gasteiger partial charge is 0.335 e. The molecule has 1 heterocycles. The van der Waals surface area contributed by atoms with Crippen LogP contribution in [0.3, 0.4) is 0 Å². The lowest BCUT2D eigenvalue weighted by molar-refractivity contribution is -0.0441. The number of benzene rings is 1. The average Bonchev–Trinajstić information content (AvgIpc) is 2.71. The van der Waals surface area contributed by atoms with E-state index >= 15 is 0 Å². The Labute approximate surface area is 173 Å². The normalized spacial score (nSPS) is 24.5. The zero-order valence-corrected chi connectivity index (χ0v) is 20.3. The molecule has 6 nitrogen and oxygen atoms in total. The van der Waals surface area contributed by atoms with Crippen molar-refractivity contribution in [3.05, 3.63) is 30.3 Å². The van der Waals surface area contributed by atoms with E-state index < -0.39 is 8.56 Å². The number of nitrogens with zero attached hydrogens (tertiary/aromatic N) is 1. The van der Waals surface area contributed by atoms with Crippen LogP contribution >= 0.6 is 0 Å². The third kappa shape index (κ3) is 8.32. The molecule has 0 aromatic heterocycles. The van der Waals surface area contributed by atoms with Crippen LogP contribution < -0.4 is 4.74 Å². The van der Waals surface area contributed by atoms with Gasteiger partial charge in [-0.25, -0.2) is 0 Å². The highest BCUT2D eigenvalue weighted by atomic mass is 28.4. The predicted molar refractivity (Wildman–Crippen MR) is 117 cm³/mol. The molecule has 2 rings (SSSR count). The minimum absolute atomic E-state index is 0.0278. The maximum absolute atomic E-state index is 6.48. The molecule has 1 aliphatic heterocycles. The molecular weight excluding hydrogens is 390 g/mol. The van der Waals surface area contributed by atoms with Gasteiger partial charge in [0.25, 0.3) is 0 Å². The summed E-state index contributed by atoms with van der Waals surface area (Å²) in [4.78, 5) is 2.52. The van der Waals surface area contributed by atoms with Gasteiger partial charge in [-0.15, -0.1) is 0 Å². The molecule has 160 valence electrons. The first-order chi connectivity index (χ1) is 13.6. The second-order valence-corrected chi connectivity index (χ2v) is 12.9. The first kappa shape index (κ1) is 23.5. The standard InChI is InChI=1S/C20H37NO5Si2/c1-22-20(23-2)27-14-8-12-21-13-9-15-28(4,24-3)26-19(16-21)17-25-18-10-6-5-7-11-18/h5-7,10-11,19-20H,8-9,12-17,27H2,1-4H3. The number of hydrogen-bond acceptors (Lipinski definition) is 6. The summed E-state index contributed by atoms with van der Waals surface area (Å²) in [6, 6.07) is 12.2. The summed E-state index contributed by atoms with van der Waals surface area (Å²) in [7, 11) is 2.76. The highest BCUT2D eigenvalue weighted by molar-refractivity contribution is 6.66. The molecule has 0 saturated carbocycles. The van der Waals surface area contributed by atoms with Gasteiger partial charge in [-0.05, 0) is 50.7 Å². The van der Waals surface area contributed by atoms with E-state index in [2.05, 4.69) is 11.4 Å². The van der Waals surface area contributed by atoms with Crippen molar-refractivity contribution < 1.29 is 23.1 Å². The van der Waals surface area contributed by atoms with E-state index in [1.807, 2.05) is 30.3 Å². The molecule has 1 saturated heterocycles. The molecular formula is C20H37NO5Si2. The second-order valence-electron chi connectivity index (χ2n) is 7.50. The molecule has 1 fully saturated rings. The fraction of sp³-hybridized carbons (Fsp3) is 0.700. The quantitative estimate of drug-likeness (QED) is 0.307. The Hall–Kier alpha value is -0.746. The van der Waals surface area contributed by atoms with Crippen LogP contribution in [0.15, 0.2) is 30.3 Å². The van der Waals surface area contributed by atoms with Crippen molar-refractivity contribution in [1.82, 2.24) is 4.90 Å². The highest BCUT2D eigenvalue weighted by Crippen LogP contribution is 2.22. The molecule has 0 N–H and O–H groups in total. The van der Waals surface area contributed by atoms with Crippen molar-refractivity contribution in [2.24, 2.45) is 0 Å². The van der Waals surface area contributed by atoms with Crippen molar-refractivity contribution in [2.75, 3.05) is 47.6 Å². The van der Waals surface area contributed by atoms with Gasteiger partial charge in [0, 0.05) is 27.9 Å². The Morgan fingerprint density at radius 2 is 1.96 bits per heavy atom. The number of ether oxygens (including phenoxy) is 3. The molecule has 28 heavy (non-hydrogen) atoms. The minimum Gasteiger partial charge on any atom is -0.491 e. The highest BCUT2D eigenvalue weighted by Gasteiger charge is 2.36. The molecule has 8 heteroatoms. The van der Waals surface area contributed by atoms with Crippen molar-refractivity contribution in [1.29, 1.82) is 0 Å². The summed E-state index contributed by atoms with van der Waals surface area (Å²) in [6.45, 7) is 5.79. The third-order valence-electron chi connectivity index (χ3n) is 5.28. The maximum Gasteiger partial charge on any atom is 0.335 e. The van der Waals surface area contributed by atoms with E-state index in [-0.39, 0.29) is 21.5 Å². The monoisotopic (exact) mass is 427 g/mol. The molecule has 0 spiro atoms. The summed E-state index contributed by atoms with van der Waals surface area (Å²) in [5.41, 5.74) is 0. The molecule has 1 aromatic carbocycles. The Morgan fingerprint density at radius 3 is 2.64 bits per heavy atom. The Kier molecular flexibility index (Phi) is 10.7. The van der Waals surface area contributed by atoms with Crippen LogP contribution in [0.1, 0.15) is 12.8 Å². The topological polar surface area (TPSA) is 49.4 Å². The lowest BCUT2D eigenvalue weighted by atomic mass is 10.3. The molecule has 2 unspecified atom stereocenters. The average molecular weight is 428 g/mol. The number of hydrogen-bond donors (Lipinski definition) is 0. The lowest BCUT2D eigenvalue weighted by Crippen LogP contribution is -2.50. The van der Waals surface area contributed by atoms with Crippen molar-refractivity contribution >= 4 is 18.1 Å². The molecule has 0 bridgehead atoms. The van der Waals surface area contributed by atoms with Gasteiger partial charge in [0.05, 0.1) is 15.6 Å². The fourth-order valence-corrected chi connectivity index (χ4v) is 6.96. The van der Waals surface area contributed by atoms with Gasteiger partial charge in [-0.1, -0.05) is 24.2 Å². The Bertz CT molecular complexity index is 535. The first-order valence-electron chi connectivity index (χ1n) is 10.3. The summed E-state index contributed by atoms with van der Waals surface area (Å²) < 4.78 is 29.0. The molecule has 0 aliphatic carbocycles. The molecule has 1 aromatic rings. The zero-order valence-electron chi connectivity index (χ0n) is 17.9. The Balaban J connectivity index is 1.86. The minimum atomic E-state index is -2.12. The third-order valence-corrected chi connectivity index (χ3v) is 10.3. The fourth-order valence-electron chi connectivity index (χ4n) is 3.58. The van der Waals surface area contributed by atoms with Gasteiger partial charge in [0.15, 0.2) is 0 Å². The van der Waals surface area contributed by atoms with E-state index in [0.29, 0.717) is 6.61 Å². The van der Waals surface area contributed by atoms with Crippen LogP contribution in [-0.4, -0.2) is 82.6 Å². The molecule has 2 atom stereocenters. The van der Waals surface area contributed by atoms with Crippen LogP contribution in [-0.2, 0) is 18.3 Å². The van der Waals surface area contributed by atoms with Gasteiger partial charge in [-0.2, -0.15) is 0 Å². The van der Waals surface area contributed by atoms with Crippen molar-refractivity contribution in [2.45, 2.75) is 43.5 Å². The number of para-hydroxylation sites is 1. The van der Waals surface area contributed by atoms with Gasteiger partial charge in [-0.3, -0.25) is 0 Å². The number of methoxy groups -OCH3 is 2. The lowest BCUT2D eigenvalue weighted by Gasteiger charge is -2.37. The largest absolute Gasteiger partial charge is 0.491 e. The van der Waals surface area contributed by atoms with Crippen LogP contribution in [0.25, 0.3) is 0 Å². The summed E-state index contributed by atoms with van der Waals surface area (Å²) in [6.07, 6.45) is 2.33. The van der Waals surface area contributed by atoms with Gasteiger partial charge in [0.2, 0.25) is 0 Å². The van der Waals surface area contributed by atoms with Crippen molar-refractivity contribution in [3.8, 4) is 5.75 Å². The molecule has 0 amide bonds. The van der Waals surface area contributed by atoms with E-state index in [1.54, 1.807) is 21.3 Å². The molecule has 1 aliphatic rings. The molecule has 0 radical (unpaired) electrons. The van der Waals surface area contributed by atoms with Crippen molar-refractivity contribution in [3.63, 3.8) is 0 Å². The van der Waals surface area contributed by atoms with Crippen LogP contribution in [0, 0.1) is 0 Å². The first-order valence-corrected chi connectivity index (χ1v) is 14.6. The Morgan fingerprint density at radius 1 is 1.21 bits per heavy atom.